The molecule has 1 aliphatic rings. The largest absolute Gasteiger partial charge is 0.368 e. The summed E-state index contributed by atoms with van der Waals surface area (Å²) in [5, 5.41) is 4.92. The quantitative estimate of drug-likeness (QED) is 0.559. The van der Waals surface area contributed by atoms with Crippen LogP contribution in [0, 0.1) is 0 Å². The monoisotopic (exact) mass is 469 g/mol. The maximum atomic E-state index is 12.1. The van der Waals surface area contributed by atoms with E-state index in [1.807, 2.05) is 25.1 Å². The number of benzene rings is 1. The van der Waals surface area contributed by atoms with Crippen molar-refractivity contribution in [3.63, 3.8) is 0 Å². The Morgan fingerprint density at radius 3 is 2.64 bits per heavy atom. The molecule has 3 heterocycles. The molecule has 1 saturated heterocycles. The van der Waals surface area contributed by atoms with Crippen LogP contribution in [0.4, 0.5) is 17.7 Å². The molecule has 0 spiro atoms. The van der Waals surface area contributed by atoms with E-state index in [0.29, 0.717) is 17.5 Å². The van der Waals surface area contributed by atoms with Crippen LogP contribution in [0.25, 0.3) is 10.9 Å². The summed E-state index contributed by atoms with van der Waals surface area (Å²) in [4.78, 5) is 35.3. The van der Waals surface area contributed by atoms with Crippen LogP contribution in [-0.4, -0.2) is 82.5 Å². The summed E-state index contributed by atoms with van der Waals surface area (Å²) in [5.41, 5.74) is 7.58. The van der Waals surface area contributed by atoms with Crippen LogP contribution >= 0.6 is 11.6 Å². The first kappa shape index (κ1) is 22.9. The normalized spacial score (nSPS) is 15.5. The number of fused-ring (bicyclic) bond motifs is 1. The molecule has 1 aliphatic heterocycles. The number of hydrogen-bond donors (Lipinski definition) is 2. The van der Waals surface area contributed by atoms with Gasteiger partial charge in [-0.15, -0.1) is 0 Å². The zero-order valence-electron chi connectivity index (χ0n) is 19.0. The third-order valence-electron chi connectivity index (χ3n) is 5.72. The average Bonchev–Trinajstić information content (AvgIpc) is 2.78. The summed E-state index contributed by atoms with van der Waals surface area (Å²) in [6, 6.07) is 7.65. The van der Waals surface area contributed by atoms with Crippen LogP contribution in [0.1, 0.15) is 18.5 Å². The van der Waals surface area contributed by atoms with Crippen LogP contribution in [0.15, 0.2) is 30.6 Å². The van der Waals surface area contributed by atoms with Gasteiger partial charge in [-0.2, -0.15) is 4.98 Å². The molecule has 1 fully saturated rings. The SMILES string of the molecule is CC(Nc1ncnc(N)n1)c1cc2cc(Cl)ccc2nc1N1CCN(CC(=O)N(C)C)CC1. The number of carbonyl (C=O) groups excluding carboxylic acids is 1. The number of nitrogens with two attached hydrogens (primary N) is 1. The maximum absolute atomic E-state index is 12.1. The van der Waals surface area contributed by atoms with Crippen molar-refractivity contribution >= 4 is 46.1 Å². The average molecular weight is 470 g/mol. The highest BCUT2D eigenvalue weighted by Gasteiger charge is 2.24. The number of carbonyl (C=O) groups is 1. The minimum Gasteiger partial charge on any atom is -0.368 e. The van der Waals surface area contributed by atoms with Crippen molar-refractivity contribution in [2.45, 2.75) is 13.0 Å². The number of hydrogen-bond acceptors (Lipinski definition) is 9. The number of aromatic nitrogens is 4. The third kappa shape index (κ3) is 5.40. The fourth-order valence-corrected chi connectivity index (χ4v) is 4.01. The fraction of sp³-hybridized carbons (Fsp3) is 0.409. The van der Waals surface area contributed by atoms with Crippen LogP contribution < -0.4 is 16.0 Å². The Kier molecular flexibility index (Phi) is 6.75. The van der Waals surface area contributed by atoms with Gasteiger partial charge in [0.05, 0.1) is 18.1 Å². The molecule has 4 rings (SSSR count). The van der Waals surface area contributed by atoms with Crippen molar-refractivity contribution in [1.29, 1.82) is 0 Å². The van der Waals surface area contributed by atoms with Gasteiger partial charge >= 0.3 is 0 Å². The van der Waals surface area contributed by atoms with Crippen LogP contribution in [0.5, 0.6) is 0 Å². The van der Waals surface area contributed by atoms with Crippen molar-refractivity contribution in [2.75, 3.05) is 62.8 Å². The van der Waals surface area contributed by atoms with E-state index in [1.165, 1.54) is 6.33 Å². The van der Waals surface area contributed by atoms with Crippen molar-refractivity contribution in [1.82, 2.24) is 29.7 Å². The Morgan fingerprint density at radius 1 is 1.18 bits per heavy atom. The van der Waals surface area contributed by atoms with E-state index in [2.05, 4.69) is 36.1 Å². The van der Waals surface area contributed by atoms with Crippen molar-refractivity contribution in [3.8, 4) is 0 Å². The van der Waals surface area contributed by atoms with Gasteiger partial charge in [0.15, 0.2) is 0 Å². The lowest BCUT2D eigenvalue weighted by Gasteiger charge is -2.37. The highest BCUT2D eigenvalue weighted by molar-refractivity contribution is 6.31. The third-order valence-corrected chi connectivity index (χ3v) is 5.95. The molecule has 1 aromatic carbocycles. The topological polar surface area (TPSA) is 116 Å². The van der Waals surface area contributed by atoms with E-state index in [4.69, 9.17) is 22.3 Å². The Balaban J connectivity index is 1.61. The van der Waals surface area contributed by atoms with E-state index in [1.54, 1.807) is 19.0 Å². The van der Waals surface area contributed by atoms with Crippen molar-refractivity contribution in [2.24, 2.45) is 0 Å². The van der Waals surface area contributed by atoms with Gasteiger partial charge < -0.3 is 20.9 Å². The van der Waals surface area contributed by atoms with Crippen LogP contribution in [0.2, 0.25) is 5.02 Å². The van der Waals surface area contributed by atoms with Gasteiger partial charge in [-0.05, 0) is 31.2 Å². The van der Waals surface area contributed by atoms with Gasteiger partial charge in [-0.25, -0.2) is 15.0 Å². The molecular formula is C22H28ClN9O. The molecule has 33 heavy (non-hydrogen) atoms. The zero-order valence-corrected chi connectivity index (χ0v) is 19.7. The molecule has 3 N–H and O–H groups in total. The highest BCUT2D eigenvalue weighted by atomic mass is 35.5. The molecule has 0 radical (unpaired) electrons. The number of nitrogen functional groups attached to an aromatic ring is 1. The summed E-state index contributed by atoms with van der Waals surface area (Å²) < 4.78 is 0. The summed E-state index contributed by atoms with van der Waals surface area (Å²) >= 11 is 6.23. The van der Waals surface area contributed by atoms with Gasteiger partial charge in [-0.3, -0.25) is 9.69 Å². The molecule has 1 atom stereocenters. The molecule has 11 heteroatoms. The highest BCUT2D eigenvalue weighted by Crippen LogP contribution is 2.31. The van der Waals surface area contributed by atoms with E-state index in [-0.39, 0.29) is 17.9 Å². The molecule has 0 aliphatic carbocycles. The first-order valence-electron chi connectivity index (χ1n) is 10.8. The number of nitrogens with zero attached hydrogens (tertiary/aromatic N) is 7. The molecule has 3 aromatic rings. The summed E-state index contributed by atoms with van der Waals surface area (Å²) in [7, 11) is 3.56. The summed E-state index contributed by atoms with van der Waals surface area (Å²) in [6.45, 7) is 5.56. The van der Waals surface area contributed by atoms with E-state index in [0.717, 1.165) is 48.5 Å². The number of rotatable bonds is 6. The number of halogens is 1. The first-order valence-corrected chi connectivity index (χ1v) is 11.2. The lowest BCUT2D eigenvalue weighted by Crippen LogP contribution is -2.49. The predicted octanol–water partition coefficient (Wildman–Crippen LogP) is 2.04. The number of nitrogens with one attached hydrogen (secondary N) is 1. The predicted molar refractivity (Wildman–Crippen MR) is 130 cm³/mol. The molecule has 0 saturated carbocycles. The van der Waals surface area contributed by atoms with E-state index >= 15 is 0 Å². The van der Waals surface area contributed by atoms with Gasteiger partial charge in [0.25, 0.3) is 0 Å². The molecule has 0 bridgehead atoms. The van der Waals surface area contributed by atoms with Crippen molar-refractivity contribution in [3.05, 3.63) is 41.2 Å². The van der Waals surface area contributed by atoms with Gasteiger partial charge in [0, 0.05) is 56.2 Å². The Bertz CT molecular complexity index is 1150. The Labute approximate surface area is 197 Å². The lowest BCUT2D eigenvalue weighted by molar-refractivity contribution is -0.129. The first-order chi connectivity index (χ1) is 15.8. The summed E-state index contributed by atoms with van der Waals surface area (Å²) in [5.74, 6) is 1.57. The number of piperazine rings is 1. The summed E-state index contributed by atoms with van der Waals surface area (Å²) in [6.07, 6.45) is 1.38. The van der Waals surface area contributed by atoms with Crippen molar-refractivity contribution < 1.29 is 4.79 Å². The fourth-order valence-electron chi connectivity index (χ4n) is 3.83. The Hall–Kier alpha value is -3.24. The minimum absolute atomic E-state index is 0.110. The smallest absolute Gasteiger partial charge is 0.236 e. The minimum atomic E-state index is -0.147. The molecular weight excluding hydrogens is 442 g/mol. The Morgan fingerprint density at radius 2 is 1.94 bits per heavy atom. The lowest BCUT2D eigenvalue weighted by atomic mass is 10.0. The van der Waals surface area contributed by atoms with Crippen LogP contribution in [0.3, 0.4) is 0 Å². The van der Waals surface area contributed by atoms with E-state index in [9.17, 15) is 4.79 Å². The maximum Gasteiger partial charge on any atom is 0.236 e. The number of pyridine rings is 1. The standard InChI is InChI=1S/C22H28ClN9O/c1-14(27-22-26-13-25-21(24)29-22)17-11-15-10-16(23)4-5-18(15)28-20(17)32-8-6-31(7-9-32)12-19(33)30(2)3/h4-5,10-11,13-14H,6-9,12H2,1-3H3,(H3,24,25,26,27,29). The molecule has 1 unspecified atom stereocenters. The molecule has 174 valence electrons. The van der Waals surface area contributed by atoms with Gasteiger partial charge in [-0.1, -0.05) is 11.6 Å². The van der Waals surface area contributed by atoms with Gasteiger partial charge in [0.1, 0.15) is 12.1 Å². The van der Waals surface area contributed by atoms with Crippen LogP contribution in [-0.2, 0) is 4.79 Å². The molecule has 2 aromatic heterocycles. The van der Waals surface area contributed by atoms with Gasteiger partial charge in [0.2, 0.25) is 17.8 Å². The second-order valence-corrected chi connectivity index (χ2v) is 8.76. The zero-order chi connectivity index (χ0) is 23.5. The molecule has 10 nitrogen and oxygen atoms in total. The molecule has 1 amide bonds. The number of amides is 1. The second-order valence-electron chi connectivity index (χ2n) is 8.32. The number of anilines is 3. The van der Waals surface area contributed by atoms with E-state index < -0.39 is 0 Å². The second kappa shape index (κ2) is 9.72. The number of likely N-dealkylation sites (N-methyl/N-ethyl adjacent to an activating group) is 1.